The number of benzene rings is 2. The summed E-state index contributed by atoms with van der Waals surface area (Å²) in [5.41, 5.74) is 5.94. The quantitative estimate of drug-likeness (QED) is 0.0747. The number of unbranched alkanes of at least 4 members (excludes halogenated alkanes) is 8. The van der Waals surface area contributed by atoms with E-state index >= 15 is 0 Å². The largest absolute Gasteiger partial charge is 0.378 e. The van der Waals surface area contributed by atoms with Crippen molar-refractivity contribution in [2.45, 2.75) is 169 Å². The minimum absolute atomic E-state index is 0.0165. The normalized spacial score (nSPS) is 17.3. The van der Waals surface area contributed by atoms with E-state index in [4.69, 9.17) is 14.2 Å². The molecule has 0 spiro atoms. The van der Waals surface area contributed by atoms with Crippen LogP contribution in [0.5, 0.6) is 0 Å². The highest BCUT2D eigenvalue weighted by molar-refractivity contribution is 5.30. The molecule has 0 saturated heterocycles. The maximum absolute atomic E-state index is 7.25. The SMILES string of the molecule is CCCCCCC(CCCC)COCC(CN1CCc2ccccc2C1)OC(COCC(CCCC)CCCCCC)CN1CCc2ccccc2C1. The Morgan fingerprint density at radius 2 is 0.868 bits per heavy atom. The molecule has 0 amide bonds. The molecule has 300 valence electrons. The molecule has 0 radical (unpaired) electrons. The van der Waals surface area contributed by atoms with Crippen molar-refractivity contribution in [1.82, 2.24) is 9.80 Å². The van der Waals surface area contributed by atoms with Crippen LogP contribution < -0.4 is 0 Å². The van der Waals surface area contributed by atoms with Gasteiger partial charge in [-0.15, -0.1) is 0 Å². The van der Waals surface area contributed by atoms with Crippen LogP contribution in [0.2, 0.25) is 0 Å². The molecule has 0 bridgehead atoms. The predicted octanol–water partition coefficient (Wildman–Crippen LogP) is 11.4. The first-order chi connectivity index (χ1) is 26.1. The van der Waals surface area contributed by atoms with E-state index in [1.807, 2.05) is 0 Å². The molecule has 4 atom stereocenters. The maximum Gasteiger partial charge on any atom is 0.0940 e. The molecule has 2 aromatic rings. The molecule has 0 aromatic heterocycles. The minimum Gasteiger partial charge on any atom is -0.378 e. The van der Waals surface area contributed by atoms with E-state index in [-0.39, 0.29) is 12.2 Å². The Labute approximate surface area is 326 Å². The summed E-state index contributed by atoms with van der Waals surface area (Å²) in [4.78, 5) is 5.23. The summed E-state index contributed by atoms with van der Waals surface area (Å²) in [6, 6.07) is 18.0. The van der Waals surface area contributed by atoms with E-state index in [2.05, 4.69) is 86.0 Å². The first-order valence-corrected chi connectivity index (χ1v) is 22.5. The molecular formula is C48H80N2O3. The van der Waals surface area contributed by atoms with E-state index in [1.54, 1.807) is 0 Å². The third-order valence-electron chi connectivity index (χ3n) is 11.9. The maximum atomic E-state index is 7.25. The van der Waals surface area contributed by atoms with Crippen molar-refractivity contribution in [2.24, 2.45) is 11.8 Å². The summed E-state index contributed by atoms with van der Waals surface area (Å²) in [6.07, 6.45) is 23.1. The molecular weight excluding hydrogens is 653 g/mol. The van der Waals surface area contributed by atoms with Gasteiger partial charge in [-0.2, -0.15) is 0 Å². The van der Waals surface area contributed by atoms with Crippen molar-refractivity contribution in [3.63, 3.8) is 0 Å². The van der Waals surface area contributed by atoms with Crippen molar-refractivity contribution in [3.05, 3.63) is 70.8 Å². The predicted molar refractivity (Wildman–Crippen MR) is 225 cm³/mol. The van der Waals surface area contributed by atoms with Crippen molar-refractivity contribution in [2.75, 3.05) is 52.6 Å². The van der Waals surface area contributed by atoms with Crippen molar-refractivity contribution < 1.29 is 14.2 Å². The number of rotatable bonds is 30. The lowest BCUT2D eigenvalue weighted by Crippen LogP contribution is -2.45. The Morgan fingerprint density at radius 3 is 1.28 bits per heavy atom. The van der Waals surface area contributed by atoms with Crippen LogP contribution in [0.15, 0.2) is 48.5 Å². The van der Waals surface area contributed by atoms with Gasteiger partial charge < -0.3 is 14.2 Å². The zero-order valence-electron chi connectivity index (χ0n) is 34.8. The van der Waals surface area contributed by atoms with Gasteiger partial charge in [-0.25, -0.2) is 0 Å². The molecule has 0 aliphatic carbocycles. The summed E-state index contributed by atoms with van der Waals surface area (Å²) in [7, 11) is 0. The summed E-state index contributed by atoms with van der Waals surface area (Å²) in [5.74, 6) is 1.30. The van der Waals surface area contributed by atoms with Gasteiger partial charge in [0.15, 0.2) is 0 Å². The summed E-state index contributed by atoms with van der Waals surface area (Å²) in [6.45, 7) is 18.2. The lowest BCUT2D eigenvalue weighted by atomic mass is 9.96. The van der Waals surface area contributed by atoms with Crippen LogP contribution in [-0.2, 0) is 40.1 Å². The fraction of sp³-hybridized carbons (Fsp3) is 0.750. The fourth-order valence-electron chi connectivity index (χ4n) is 8.60. The van der Waals surface area contributed by atoms with Gasteiger partial charge in [0, 0.05) is 52.5 Å². The van der Waals surface area contributed by atoms with Gasteiger partial charge in [0.05, 0.1) is 25.4 Å². The highest BCUT2D eigenvalue weighted by Gasteiger charge is 2.27. The molecule has 0 N–H and O–H groups in total. The highest BCUT2D eigenvalue weighted by atomic mass is 16.6. The van der Waals surface area contributed by atoms with Crippen LogP contribution in [0.25, 0.3) is 0 Å². The van der Waals surface area contributed by atoms with Crippen LogP contribution in [-0.4, -0.2) is 74.6 Å². The second-order valence-electron chi connectivity index (χ2n) is 16.7. The smallest absolute Gasteiger partial charge is 0.0940 e. The lowest BCUT2D eigenvalue weighted by Gasteiger charge is -2.36. The molecule has 5 nitrogen and oxygen atoms in total. The molecule has 0 fully saturated rings. The number of nitrogens with zero attached hydrogens (tertiary/aromatic N) is 2. The van der Waals surface area contributed by atoms with Gasteiger partial charge in [0.1, 0.15) is 0 Å². The average Bonchev–Trinajstić information content (AvgIpc) is 3.18. The fourth-order valence-corrected chi connectivity index (χ4v) is 8.60. The number of ether oxygens (including phenoxy) is 3. The number of hydrogen-bond donors (Lipinski definition) is 0. The van der Waals surface area contributed by atoms with Crippen LogP contribution in [0.4, 0.5) is 0 Å². The second-order valence-corrected chi connectivity index (χ2v) is 16.7. The Morgan fingerprint density at radius 1 is 0.472 bits per heavy atom. The molecule has 5 heteroatoms. The first kappa shape index (κ1) is 44.0. The van der Waals surface area contributed by atoms with E-state index in [0.717, 1.165) is 65.3 Å². The van der Waals surface area contributed by atoms with Crippen molar-refractivity contribution in [1.29, 1.82) is 0 Å². The van der Waals surface area contributed by atoms with Gasteiger partial charge in [0.2, 0.25) is 0 Å². The Bertz CT molecular complexity index is 1110. The Balaban J connectivity index is 1.44. The molecule has 53 heavy (non-hydrogen) atoms. The third kappa shape index (κ3) is 17.3. The van der Waals surface area contributed by atoms with Crippen LogP contribution in [0.1, 0.15) is 153 Å². The number of hydrogen-bond acceptors (Lipinski definition) is 5. The van der Waals surface area contributed by atoms with Gasteiger partial charge >= 0.3 is 0 Å². The zero-order valence-corrected chi connectivity index (χ0v) is 34.8. The minimum atomic E-state index is 0.0165. The lowest BCUT2D eigenvalue weighted by molar-refractivity contribution is -0.109. The van der Waals surface area contributed by atoms with Crippen LogP contribution in [0, 0.1) is 11.8 Å². The van der Waals surface area contributed by atoms with Gasteiger partial charge in [-0.3, -0.25) is 9.80 Å². The van der Waals surface area contributed by atoms with E-state index < -0.39 is 0 Å². The molecule has 4 rings (SSSR count). The summed E-state index contributed by atoms with van der Waals surface area (Å²) in [5, 5.41) is 0. The highest BCUT2D eigenvalue weighted by Crippen LogP contribution is 2.24. The molecule has 2 aromatic carbocycles. The van der Waals surface area contributed by atoms with Crippen LogP contribution in [0.3, 0.4) is 0 Å². The van der Waals surface area contributed by atoms with Gasteiger partial charge in [0.25, 0.3) is 0 Å². The average molecular weight is 733 g/mol. The first-order valence-electron chi connectivity index (χ1n) is 22.5. The van der Waals surface area contributed by atoms with Crippen molar-refractivity contribution in [3.8, 4) is 0 Å². The Kier molecular flexibility index (Phi) is 22.3. The monoisotopic (exact) mass is 733 g/mol. The van der Waals surface area contributed by atoms with E-state index in [1.165, 1.54) is 125 Å². The van der Waals surface area contributed by atoms with E-state index in [9.17, 15) is 0 Å². The van der Waals surface area contributed by atoms with Crippen molar-refractivity contribution >= 4 is 0 Å². The second kappa shape index (κ2) is 26.9. The van der Waals surface area contributed by atoms with Crippen LogP contribution >= 0.6 is 0 Å². The Hall–Kier alpha value is -1.76. The standard InChI is InChI=1S/C48H80N2O3/c1-5-9-13-15-23-41(21-11-7-3)37-51-39-47(35-49-31-29-43-25-17-19-27-45(43)33-49)53-48(36-50-32-30-44-26-18-20-28-46(44)34-50)40-52-38-42(22-12-8-4)24-16-14-10-6-2/h17-20,25-28,41-42,47-48H,5-16,21-24,29-40H2,1-4H3. The topological polar surface area (TPSA) is 34.2 Å². The summed E-state index contributed by atoms with van der Waals surface area (Å²) >= 11 is 0. The molecule has 2 aliphatic rings. The molecule has 0 saturated carbocycles. The third-order valence-corrected chi connectivity index (χ3v) is 11.9. The van der Waals surface area contributed by atoms with Gasteiger partial charge in [-0.1, -0.05) is 153 Å². The van der Waals surface area contributed by atoms with Gasteiger partial charge in [-0.05, 0) is 72.6 Å². The zero-order chi connectivity index (χ0) is 37.4. The number of fused-ring (bicyclic) bond motifs is 2. The molecule has 4 unspecified atom stereocenters. The van der Waals surface area contributed by atoms with E-state index in [0.29, 0.717) is 25.0 Å². The summed E-state index contributed by atoms with van der Waals surface area (Å²) < 4.78 is 20.7. The molecule has 2 heterocycles. The molecule has 2 aliphatic heterocycles.